The quantitative estimate of drug-likeness (QED) is 0.859. The molecule has 0 aliphatic rings. The molecule has 1 aromatic carbocycles. The van der Waals surface area contributed by atoms with Crippen molar-refractivity contribution in [1.29, 1.82) is 0 Å². The lowest BCUT2D eigenvalue weighted by molar-refractivity contribution is 0.0996. The summed E-state index contributed by atoms with van der Waals surface area (Å²) in [6.07, 6.45) is 0.790. The van der Waals surface area contributed by atoms with Crippen LogP contribution in [0.1, 0.15) is 29.8 Å². The van der Waals surface area contributed by atoms with E-state index >= 15 is 0 Å². The van der Waals surface area contributed by atoms with Gasteiger partial charge in [0.25, 0.3) is 5.91 Å². The number of benzene rings is 1. The van der Waals surface area contributed by atoms with Crippen LogP contribution in [-0.2, 0) is 6.42 Å². The molecule has 82 valence electrons. The van der Waals surface area contributed by atoms with E-state index in [1.165, 1.54) is 0 Å². The van der Waals surface area contributed by atoms with Gasteiger partial charge in [0.15, 0.2) is 5.75 Å². The van der Waals surface area contributed by atoms with E-state index in [2.05, 4.69) is 0 Å². The van der Waals surface area contributed by atoms with Gasteiger partial charge in [-0.25, -0.2) is 0 Å². The molecule has 1 amide bonds. The Hall–Kier alpha value is -1.22. The normalized spacial score (nSPS) is 10.1. The molecular formula is C11H14ClNO2. The third kappa shape index (κ3) is 2.42. The number of amides is 1. The Morgan fingerprint density at radius 1 is 1.47 bits per heavy atom. The van der Waals surface area contributed by atoms with E-state index < -0.39 is 5.91 Å². The molecular weight excluding hydrogens is 214 g/mol. The lowest BCUT2D eigenvalue weighted by atomic mass is 10.1. The zero-order valence-corrected chi connectivity index (χ0v) is 9.60. The van der Waals surface area contributed by atoms with Gasteiger partial charge >= 0.3 is 0 Å². The summed E-state index contributed by atoms with van der Waals surface area (Å²) in [4.78, 5) is 11.1. The van der Waals surface area contributed by atoms with Crippen LogP contribution in [0.3, 0.4) is 0 Å². The van der Waals surface area contributed by atoms with Gasteiger partial charge in [0.05, 0.1) is 17.2 Å². The first kappa shape index (κ1) is 11.9. The largest absolute Gasteiger partial charge is 0.491 e. The Morgan fingerprint density at radius 2 is 2.13 bits per heavy atom. The van der Waals surface area contributed by atoms with Gasteiger partial charge in [-0.1, -0.05) is 24.6 Å². The smallest absolute Gasteiger partial charge is 0.252 e. The fraction of sp³-hybridized carbons (Fsp3) is 0.364. The molecule has 0 radical (unpaired) electrons. The molecule has 0 saturated heterocycles. The average Bonchev–Trinajstić information content (AvgIpc) is 2.20. The molecule has 0 spiro atoms. The summed E-state index contributed by atoms with van der Waals surface area (Å²) < 4.78 is 5.34. The highest BCUT2D eigenvalue weighted by Crippen LogP contribution is 2.32. The molecule has 0 atom stereocenters. The summed E-state index contributed by atoms with van der Waals surface area (Å²) in [5, 5.41) is 0.482. The Morgan fingerprint density at radius 3 is 2.60 bits per heavy atom. The molecule has 15 heavy (non-hydrogen) atoms. The Labute approximate surface area is 94.2 Å². The van der Waals surface area contributed by atoms with E-state index in [0.29, 0.717) is 22.9 Å². The first-order chi connectivity index (χ1) is 7.11. The van der Waals surface area contributed by atoms with Crippen LogP contribution < -0.4 is 10.5 Å². The van der Waals surface area contributed by atoms with Crippen LogP contribution in [0.25, 0.3) is 0 Å². The number of halogens is 1. The van der Waals surface area contributed by atoms with Gasteiger partial charge < -0.3 is 10.5 Å². The van der Waals surface area contributed by atoms with Crippen LogP contribution in [0.5, 0.6) is 5.75 Å². The van der Waals surface area contributed by atoms with Gasteiger partial charge in [0, 0.05) is 0 Å². The number of hydrogen-bond acceptors (Lipinski definition) is 2. The third-order valence-corrected chi connectivity index (χ3v) is 2.53. The molecule has 0 saturated carbocycles. The van der Waals surface area contributed by atoms with Crippen LogP contribution in [0.15, 0.2) is 12.1 Å². The second kappa shape index (κ2) is 5.03. The van der Waals surface area contributed by atoms with E-state index in [9.17, 15) is 4.79 Å². The Kier molecular flexibility index (Phi) is 3.97. The van der Waals surface area contributed by atoms with E-state index in [1.807, 2.05) is 13.8 Å². The van der Waals surface area contributed by atoms with Crippen LogP contribution >= 0.6 is 11.6 Å². The van der Waals surface area contributed by atoms with E-state index in [4.69, 9.17) is 22.1 Å². The minimum atomic E-state index is -0.525. The van der Waals surface area contributed by atoms with E-state index in [0.717, 1.165) is 12.0 Å². The second-order valence-corrected chi connectivity index (χ2v) is 3.44. The number of nitrogens with two attached hydrogens (primary N) is 1. The molecule has 0 aromatic heterocycles. The van der Waals surface area contributed by atoms with Crippen molar-refractivity contribution in [2.75, 3.05) is 6.61 Å². The lowest BCUT2D eigenvalue weighted by Gasteiger charge is -2.12. The molecule has 1 rings (SSSR count). The zero-order valence-electron chi connectivity index (χ0n) is 8.84. The molecule has 0 aliphatic heterocycles. The molecule has 0 fully saturated rings. The van der Waals surface area contributed by atoms with Crippen LogP contribution in [-0.4, -0.2) is 12.5 Å². The van der Waals surface area contributed by atoms with Gasteiger partial charge in [0.1, 0.15) is 0 Å². The zero-order chi connectivity index (χ0) is 11.4. The maximum absolute atomic E-state index is 11.1. The highest BCUT2D eigenvalue weighted by atomic mass is 35.5. The van der Waals surface area contributed by atoms with Crippen molar-refractivity contribution < 1.29 is 9.53 Å². The molecule has 3 nitrogen and oxygen atoms in total. The lowest BCUT2D eigenvalue weighted by Crippen LogP contribution is -2.13. The Balaban J connectivity index is 3.30. The van der Waals surface area contributed by atoms with Gasteiger partial charge in [0.2, 0.25) is 0 Å². The number of aryl methyl sites for hydroxylation is 1. The summed E-state index contributed by atoms with van der Waals surface area (Å²) in [6, 6.07) is 3.45. The number of ether oxygens (including phenoxy) is 1. The van der Waals surface area contributed by atoms with Crippen molar-refractivity contribution in [3.05, 3.63) is 28.3 Å². The first-order valence-corrected chi connectivity index (χ1v) is 5.23. The molecule has 1 aromatic rings. The van der Waals surface area contributed by atoms with Crippen molar-refractivity contribution in [1.82, 2.24) is 0 Å². The van der Waals surface area contributed by atoms with Crippen LogP contribution in [0.4, 0.5) is 0 Å². The predicted octanol–water partition coefficient (Wildman–Crippen LogP) is 2.40. The molecule has 4 heteroatoms. The topological polar surface area (TPSA) is 52.3 Å². The molecule has 0 aliphatic carbocycles. The number of carbonyl (C=O) groups is 1. The average molecular weight is 228 g/mol. The van der Waals surface area contributed by atoms with Crippen molar-refractivity contribution in [3.8, 4) is 5.75 Å². The van der Waals surface area contributed by atoms with Gasteiger partial charge in [-0.3, -0.25) is 4.79 Å². The van der Waals surface area contributed by atoms with Crippen molar-refractivity contribution in [2.45, 2.75) is 20.3 Å². The van der Waals surface area contributed by atoms with Crippen molar-refractivity contribution in [3.63, 3.8) is 0 Å². The maximum Gasteiger partial charge on any atom is 0.252 e. The number of carbonyl (C=O) groups excluding carboxylic acids is 1. The maximum atomic E-state index is 11.1. The highest BCUT2D eigenvalue weighted by Gasteiger charge is 2.15. The summed E-state index contributed by atoms with van der Waals surface area (Å²) in [7, 11) is 0. The Bertz CT molecular complexity index is 377. The molecule has 0 heterocycles. The van der Waals surface area contributed by atoms with E-state index in [1.54, 1.807) is 12.1 Å². The third-order valence-electron chi connectivity index (χ3n) is 2.11. The number of rotatable bonds is 4. The van der Waals surface area contributed by atoms with Crippen molar-refractivity contribution >= 4 is 17.5 Å². The fourth-order valence-electron chi connectivity index (χ4n) is 1.35. The first-order valence-electron chi connectivity index (χ1n) is 4.85. The van der Waals surface area contributed by atoms with E-state index in [-0.39, 0.29) is 0 Å². The van der Waals surface area contributed by atoms with Crippen LogP contribution in [0.2, 0.25) is 5.02 Å². The fourth-order valence-corrected chi connectivity index (χ4v) is 1.70. The SMILES string of the molecule is CCOc1c(C(N)=O)ccc(CC)c1Cl. The predicted molar refractivity (Wildman–Crippen MR) is 60.5 cm³/mol. The molecule has 0 bridgehead atoms. The number of primary amides is 1. The highest BCUT2D eigenvalue weighted by molar-refractivity contribution is 6.33. The summed E-state index contributed by atoms with van der Waals surface area (Å²) in [5.74, 6) is -0.131. The summed E-state index contributed by atoms with van der Waals surface area (Å²) in [5.41, 5.74) is 6.51. The van der Waals surface area contributed by atoms with Gasteiger partial charge in [-0.05, 0) is 25.0 Å². The summed E-state index contributed by atoms with van der Waals surface area (Å²) in [6.45, 7) is 4.27. The minimum Gasteiger partial charge on any atom is -0.491 e. The number of hydrogen-bond donors (Lipinski definition) is 1. The minimum absolute atomic E-state index is 0.332. The van der Waals surface area contributed by atoms with Gasteiger partial charge in [-0.15, -0.1) is 0 Å². The van der Waals surface area contributed by atoms with Gasteiger partial charge in [-0.2, -0.15) is 0 Å². The standard InChI is InChI=1S/C11H14ClNO2/c1-3-7-5-6-8(11(13)14)10(9(7)12)15-4-2/h5-6H,3-4H2,1-2H3,(H2,13,14). The van der Waals surface area contributed by atoms with Crippen LogP contribution in [0, 0.1) is 0 Å². The second-order valence-electron chi connectivity index (χ2n) is 3.07. The molecule has 2 N–H and O–H groups in total. The molecule has 0 unspecified atom stereocenters. The summed E-state index contributed by atoms with van der Waals surface area (Å²) >= 11 is 6.10. The van der Waals surface area contributed by atoms with Crippen molar-refractivity contribution in [2.24, 2.45) is 5.73 Å². The monoisotopic (exact) mass is 227 g/mol.